The van der Waals surface area contributed by atoms with Crippen molar-refractivity contribution in [1.29, 1.82) is 0 Å². The van der Waals surface area contributed by atoms with E-state index in [0.717, 1.165) is 43.2 Å². The zero-order valence-corrected chi connectivity index (χ0v) is 14.3. The molecule has 0 aromatic heterocycles. The van der Waals surface area contributed by atoms with Crippen LogP contribution >= 0.6 is 11.6 Å². The highest BCUT2D eigenvalue weighted by molar-refractivity contribution is 6.30. The molecule has 0 spiro atoms. The molecule has 0 radical (unpaired) electrons. The summed E-state index contributed by atoms with van der Waals surface area (Å²) in [4.78, 5) is 0. The molecule has 5 heteroatoms. The number of benzene rings is 2. The molecule has 0 bridgehead atoms. The van der Waals surface area contributed by atoms with Gasteiger partial charge in [-0.25, -0.2) is 0 Å². The van der Waals surface area contributed by atoms with E-state index in [0.29, 0.717) is 18.2 Å². The molecular formula is C19H22ClNO3. The van der Waals surface area contributed by atoms with E-state index in [9.17, 15) is 0 Å². The van der Waals surface area contributed by atoms with Crippen molar-refractivity contribution in [2.75, 3.05) is 31.7 Å². The van der Waals surface area contributed by atoms with Gasteiger partial charge in [0.1, 0.15) is 24.7 Å². The number of halogens is 1. The predicted molar refractivity (Wildman–Crippen MR) is 96.3 cm³/mol. The second kappa shape index (κ2) is 8.81. The van der Waals surface area contributed by atoms with Gasteiger partial charge in [0, 0.05) is 23.9 Å². The summed E-state index contributed by atoms with van der Waals surface area (Å²) in [5.74, 6) is 1.69. The lowest BCUT2D eigenvalue weighted by Crippen LogP contribution is -2.16. The number of ether oxygens (including phenoxy) is 3. The summed E-state index contributed by atoms with van der Waals surface area (Å²) in [6, 6.07) is 15.3. The summed E-state index contributed by atoms with van der Waals surface area (Å²) in [6.07, 6.45) is 2.47. The standard InChI is InChI=1S/C19H22ClNO3/c20-15-3-7-17(8-4-15)23-13-11-21-16-5-9-18(10-6-16)24-14-19-2-1-12-22-19/h3-10,19,21H,1-2,11-14H2. The van der Waals surface area contributed by atoms with E-state index >= 15 is 0 Å². The fourth-order valence-electron chi connectivity index (χ4n) is 2.53. The normalized spacial score (nSPS) is 16.8. The molecular weight excluding hydrogens is 326 g/mol. The summed E-state index contributed by atoms with van der Waals surface area (Å²) < 4.78 is 16.9. The SMILES string of the molecule is Clc1ccc(OCCNc2ccc(OCC3CCCO3)cc2)cc1. The Hall–Kier alpha value is -1.91. The zero-order valence-electron chi connectivity index (χ0n) is 13.5. The molecule has 24 heavy (non-hydrogen) atoms. The molecule has 2 aromatic carbocycles. The number of hydrogen-bond donors (Lipinski definition) is 1. The van der Waals surface area contributed by atoms with Crippen LogP contribution in [0.25, 0.3) is 0 Å². The molecule has 1 saturated heterocycles. The molecule has 1 heterocycles. The molecule has 1 aliphatic rings. The summed E-state index contributed by atoms with van der Waals surface area (Å²) >= 11 is 5.84. The first-order valence-corrected chi connectivity index (χ1v) is 8.64. The van der Waals surface area contributed by atoms with E-state index in [2.05, 4.69) is 5.32 Å². The summed E-state index contributed by atoms with van der Waals surface area (Å²) in [7, 11) is 0. The average molecular weight is 348 g/mol. The third-order valence-electron chi connectivity index (χ3n) is 3.83. The van der Waals surface area contributed by atoms with Crippen LogP contribution in [-0.4, -0.2) is 32.5 Å². The van der Waals surface area contributed by atoms with Gasteiger partial charge in [0.15, 0.2) is 0 Å². The van der Waals surface area contributed by atoms with Crippen molar-refractivity contribution >= 4 is 17.3 Å². The largest absolute Gasteiger partial charge is 0.492 e. The Bertz CT molecular complexity index is 610. The van der Waals surface area contributed by atoms with Crippen molar-refractivity contribution in [3.8, 4) is 11.5 Å². The molecule has 1 fully saturated rings. The number of anilines is 1. The lowest BCUT2D eigenvalue weighted by molar-refractivity contribution is 0.0679. The summed E-state index contributed by atoms with van der Waals surface area (Å²) in [5, 5.41) is 4.03. The molecule has 0 amide bonds. The summed E-state index contributed by atoms with van der Waals surface area (Å²) in [5.41, 5.74) is 1.04. The molecule has 1 unspecified atom stereocenters. The lowest BCUT2D eigenvalue weighted by Gasteiger charge is -2.12. The van der Waals surface area contributed by atoms with Gasteiger partial charge in [-0.2, -0.15) is 0 Å². The maximum absolute atomic E-state index is 5.84. The van der Waals surface area contributed by atoms with Gasteiger partial charge in [-0.3, -0.25) is 0 Å². The fourth-order valence-corrected chi connectivity index (χ4v) is 2.66. The molecule has 1 atom stereocenters. The number of hydrogen-bond acceptors (Lipinski definition) is 4. The molecule has 0 saturated carbocycles. The smallest absolute Gasteiger partial charge is 0.119 e. The first-order valence-electron chi connectivity index (χ1n) is 8.26. The summed E-state index contributed by atoms with van der Waals surface area (Å²) in [6.45, 7) is 2.79. The van der Waals surface area contributed by atoms with Crippen molar-refractivity contribution in [2.45, 2.75) is 18.9 Å². The van der Waals surface area contributed by atoms with E-state index in [-0.39, 0.29) is 6.10 Å². The van der Waals surface area contributed by atoms with E-state index in [1.807, 2.05) is 48.5 Å². The highest BCUT2D eigenvalue weighted by Gasteiger charge is 2.15. The van der Waals surface area contributed by atoms with E-state index in [1.54, 1.807) is 0 Å². The number of nitrogens with one attached hydrogen (secondary N) is 1. The van der Waals surface area contributed by atoms with Crippen LogP contribution in [0.5, 0.6) is 11.5 Å². The Morgan fingerprint density at radius 3 is 2.42 bits per heavy atom. The van der Waals surface area contributed by atoms with Gasteiger partial charge in [-0.05, 0) is 61.4 Å². The Morgan fingerprint density at radius 2 is 1.71 bits per heavy atom. The van der Waals surface area contributed by atoms with Crippen LogP contribution in [0.1, 0.15) is 12.8 Å². The van der Waals surface area contributed by atoms with Gasteiger partial charge in [-0.15, -0.1) is 0 Å². The Labute approximate surface area is 147 Å². The van der Waals surface area contributed by atoms with Crippen molar-refractivity contribution in [1.82, 2.24) is 0 Å². The van der Waals surface area contributed by atoms with Crippen LogP contribution in [-0.2, 0) is 4.74 Å². The maximum Gasteiger partial charge on any atom is 0.119 e. The van der Waals surface area contributed by atoms with E-state index < -0.39 is 0 Å². The monoisotopic (exact) mass is 347 g/mol. The molecule has 3 rings (SSSR count). The van der Waals surface area contributed by atoms with Gasteiger partial charge in [-0.1, -0.05) is 11.6 Å². The van der Waals surface area contributed by atoms with Gasteiger partial charge >= 0.3 is 0 Å². The maximum atomic E-state index is 5.84. The van der Waals surface area contributed by atoms with Crippen LogP contribution < -0.4 is 14.8 Å². The van der Waals surface area contributed by atoms with E-state index in [1.165, 1.54) is 0 Å². The van der Waals surface area contributed by atoms with Crippen LogP contribution in [0, 0.1) is 0 Å². The van der Waals surface area contributed by atoms with Crippen LogP contribution in [0.3, 0.4) is 0 Å². The molecule has 2 aromatic rings. The van der Waals surface area contributed by atoms with Crippen LogP contribution in [0.4, 0.5) is 5.69 Å². The fraction of sp³-hybridized carbons (Fsp3) is 0.368. The zero-order chi connectivity index (χ0) is 16.6. The van der Waals surface area contributed by atoms with Gasteiger partial charge in [0.25, 0.3) is 0 Å². The Morgan fingerprint density at radius 1 is 1.00 bits per heavy atom. The predicted octanol–water partition coefficient (Wildman–Crippen LogP) is 4.39. The van der Waals surface area contributed by atoms with Crippen LogP contribution in [0.2, 0.25) is 5.02 Å². The second-order valence-electron chi connectivity index (χ2n) is 5.70. The molecule has 128 valence electrons. The first-order chi connectivity index (χ1) is 11.8. The third-order valence-corrected chi connectivity index (χ3v) is 4.08. The van der Waals surface area contributed by atoms with Crippen molar-refractivity contribution in [2.24, 2.45) is 0 Å². The highest BCUT2D eigenvalue weighted by Crippen LogP contribution is 2.19. The molecule has 1 N–H and O–H groups in total. The lowest BCUT2D eigenvalue weighted by atomic mass is 10.2. The highest BCUT2D eigenvalue weighted by atomic mass is 35.5. The minimum absolute atomic E-state index is 0.243. The second-order valence-corrected chi connectivity index (χ2v) is 6.14. The first kappa shape index (κ1) is 16.9. The quantitative estimate of drug-likeness (QED) is 0.719. The number of rotatable bonds is 8. The Balaban J connectivity index is 1.35. The minimum Gasteiger partial charge on any atom is -0.492 e. The van der Waals surface area contributed by atoms with Crippen LogP contribution in [0.15, 0.2) is 48.5 Å². The van der Waals surface area contributed by atoms with Crippen molar-refractivity contribution in [3.05, 3.63) is 53.6 Å². The van der Waals surface area contributed by atoms with Crippen molar-refractivity contribution in [3.63, 3.8) is 0 Å². The van der Waals surface area contributed by atoms with Gasteiger partial charge < -0.3 is 19.5 Å². The molecule has 4 nitrogen and oxygen atoms in total. The average Bonchev–Trinajstić information content (AvgIpc) is 3.13. The van der Waals surface area contributed by atoms with E-state index in [4.69, 9.17) is 25.8 Å². The third kappa shape index (κ3) is 5.32. The molecule has 0 aliphatic carbocycles. The Kier molecular flexibility index (Phi) is 6.21. The van der Waals surface area contributed by atoms with Gasteiger partial charge in [0.05, 0.1) is 6.10 Å². The topological polar surface area (TPSA) is 39.7 Å². The van der Waals surface area contributed by atoms with Crippen molar-refractivity contribution < 1.29 is 14.2 Å². The minimum atomic E-state index is 0.243. The molecule has 1 aliphatic heterocycles. The van der Waals surface area contributed by atoms with Gasteiger partial charge in [0.2, 0.25) is 0 Å².